The summed E-state index contributed by atoms with van der Waals surface area (Å²) in [6.45, 7) is 6.63. The maximum Gasteiger partial charge on any atom is 0.305 e. The number of carbonyl (C=O) groups excluding carboxylic acids is 1. The van der Waals surface area contributed by atoms with Crippen LogP contribution in [0.25, 0.3) is 0 Å². The molecule has 2 nitrogen and oxygen atoms in total. The van der Waals surface area contributed by atoms with E-state index in [0.29, 0.717) is 13.0 Å². The summed E-state index contributed by atoms with van der Waals surface area (Å²) in [5, 5.41) is 0. The Morgan fingerprint density at radius 1 is 0.633 bits per heavy atom. The molecule has 0 saturated heterocycles. The van der Waals surface area contributed by atoms with Gasteiger partial charge in [-0.05, 0) is 51.4 Å². The van der Waals surface area contributed by atoms with E-state index in [9.17, 15) is 4.79 Å². The number of ether oxygens (including phenoxy) is 1. The molecule has 0 aliphatic heterocycles. The first-order chi connectivity index (χ1) is 14.8. The molecular weight excluding hydrogens is 368 g/mol. The molecule has 176 valence electrons. The van der Waals surface area contributed by atoms with Crippen molar-refractivity contribution in [2.24, 2.45) is 0 Å². The van der Waals surface area contributed by atoms with E-state index in [1.165, 1.54) is 103 Å². The number of carbonyl (C=O) groups is 1. The Morgan fingerprint density at radius 3 is 1.67 bits per heavy atom. The fourth-order valence-electron chi connectivity index (χ4n) is 3.70. The van der Waals surface area contributed by atoms with E-state index in [1.54, 1.807) is 0 Å². The molecule has 0 rings (SSSR count). The van der Waals surface area contributed by atoms with Gasteiger partial charge in [0.2, 0.25) is 0 Å². The number of allylic oxidation sites excluding steroid dienone is 3. The minimum Gasteiger partial charge on any atom is -0.466 e. The largest absolute Gasteiger partial charge is 0.466 e. The highest BCUT2D eigenvalue weighted by molar-refractivity contribution is 5.69. The first-order valence-electron chi connectivity index (χ1n) is 13.2. The Bertz CT molecular complexity index is 386. The van der Waals surface area contributed by atoms with E-state index in [4.69, 9.17) is 4.74 Å². The van der Waals surface area contributed by atoms with Gasteiger partial charge in [0.15, 0.2) is 0 Å². The molecule has 0 fully saturated rings. The van der Waals surface area contributed by atoms with Crippen molar-refractivity contribution in [1.82, 2.24) is 0 Å². The van der Waals surface area contributed by atoms with Gasteiger partial charge in [0.25, 0.3) is 0 Å². The summed E-state index contributed by atoms with van der Waals surface area (Å²) in [4.78, 5) is 11.7. The minimum atomic E-state index is -0.00129. The maximum absolute atomic E-state index is 11.7. The van der Waals surface area contributed by atoms with Gasteiger partial charge in [-0.25, -0.2) is 0 Å². The summed E-state index contributed by atoms with van der Waals surface area (Å²) in [7, 11) is 0. The Balaban J connectivity index is 3.20. The number of rotatable bonds is 24. The molecule has 0 aliphatic carbocycles. The molecule has 2 heteroatoms. The third kappa shape index (κ3) is 25.0. The Hall–Kier alpha value is -1.05. The van der Waals surface area contributed by atoms with E-state index in [1.807, 2.05) is 6.08 Å². The van der Waals surface area contributed by atoms with Gasteiger partial charge in [0.1, 0.15) is 0 Å². The lowest BCUT2D eigenvalue weighted by atomic mass is 10.1. The lowest BCUT2D eigenvalue weighted by Crippen LogP contribution is -2.05. The molecule has 0 saturated carbocycles. The third-order valence-corrected chi connectivity index (χ3v) is 5.71. The van der Waals surface area contributed by atoms with Gasteiger partial charge in [0.05, 0.1) is 6.61 Å². The molecule has 0 spiro atoms. The van der Waals surface area contributed by atoms with Crippen molar-refractivity contribution >= 4 is 5.97 Å². The average Bonchev–Trinajstić information content (AvgIpc) is 2.75. The van der Waals surface area contributed by atoms with Crippen molar-refractivity contribution < 1.29 is 9.53 Å². The predicted molar refractivity (Wildman–Crippen MR) is 133 cm³/mol. The van der Waals surface area contributed by atoms with E-state index in [-0.39, 0.29) is 5.97 Å². The van der Waals surface area contributed by atoms with E-state index < -0.39 is 0 Å². The lowest BCUT2D eigenvalue weighted by molar-refractivity contribution is -0.143. The zero-order valence-corrected chi connectivity index (χ0v) is 20.3. The van der Waals surface area contributed by atoms with Gasteiger partial charge in [-0.1, -0.05) is 102 Å². The van der Waals surface area contributed by atoms with Crippen LogP contribution in [0.3, 0.4) is 0 Å². The highest BCUT2D eigenvalue weighted by Crippen LogP contribution is 2.11. The van der Waals surface area contributed by atoms with Crippen LogP contribution in [0.2, 0.25) is 0 Å². The number of esters is 1. The van der Waals surface area contributed by atoms with Gasteiger partial charge >= 0.3 is 5.97 Å². The molecule has 0 aliphatic rings. The maximum atomic E-state index is 11.7. The molecule has 0 amide bonds. The molecule has 0 N–H and O–H groups in total. The summed E-state index contributed by atoms with van der Waals surface area (Å²) in [5.41, 5.74) is 0. The van der Waals surface area contributed by atoms with E-state index >= 15 is 0 Å². The summed E-state index contributed by atoms with van der Waals surface area (Å²) >= 11 is 0. The van der Waals surface area contributed by atoms with Crippen LogP contribution in [0.4, 0.5) is 0 Å². The standard InChI is InChI=1S/C28H52O2/c1-3-5-7-9-11-13-14-15-16-17-18-19-20-22-24-26-28(29)30-27-25-23-21-12-10-8-6-4-2/h4,15-16H,2-3,5-14,17-27H2,1H3/b16-15-. The van der Waals surface area contributed by atoms with Gasteiger partial charge in [0, 0.05) is 6.42 Å². The first kappa shape index (κ1) is 28.9. The zero-order valence-electron chi connectivity index (χ0n) is 20.3. The van der Waals surface area contributed by atoms with Crippen LogP contribution in [0, 0.1) is 0 Å². The average molecular weight is 421 g/mol. The second-order valence-electron chi connectivity index (χ2n) is 8.75. The van der Waals surface area contributed by atoms with Crippen molar-refractivity contribution in [2.45, 2.75) is 142 Å². The van der Waals surface area contributed by atoms with Gasteiger partial charge in [-0.3, -0.25) is 4.79 Å². The fraction of sp³-hybridized carbons (Fsp3) is 0.821. The Labute approximate surface area is 188 Å². The van der Waals surface area contributed by atoms with Gasteiger partial charge in [-0.15, -0.1) is 6.58 Å². The molecule has 0 aromatic carbocycles. The molecule has 30 heavy (non-hydrogen) atoms. The Morgan fingerprint density at radius 2 is 1.10 bits per heavy atom. The molecule has 0 aromatic heterocycles. The van der Waals surface area contributed by atoms with Crippen LogP contribution in [-0.4, -0.2) is 12.6 Å². The topological polar surface area (TPSA) is 26.3 Å². The quantitative estimate of drug-likeness (QED) is 0.0882. The van der Waals surface area contributed by atoms with Crippen LogP contribution >= 0.6 is 0 Å². The summed E-state index contributed by atoms with van der Waals surface area (Å²) in [5.74, 6) is -0.00129. The van der Waals surface area contributed by atoms with Crippen LogP contribution in [0.15, 0.2) is 24.8 Å². The van der Waals surface area contributed by atoms with Crippen LogP contribution in [0.5, 0.6) is 0 Å². The summed E-state index contributed by atoms with van der Waals surface area (Å²) in [6, 6.07) is 0. The Kier molecular flexibility index (Phi) is 25.1. The third-order valence-electron chi connectivity index (χ3n) is 5.71. The minimum absolute atomic E-state index is 0.00129. The predicted octanol–water partition coefficient (Wildman–Crippen LogP) is 9.48. The molecule has 0 heterocycles. The van der Waals surface area contributed by atoms with Crippen LogP contribution in [0.1, 0.15) is 142 Å². The number of hydrogen-bond donors (Lipinski definition) is 0. The molecule has 0 radical (unpaired) electrons. The molecule has 0 unspecified atom stereocenters. The smallest absolute Gasteiger partial charge is 0.305 e. The summed E-state index contributed by atoms with van der Waals surface area (Å²) in [6.07, 6.45) is 32.5. The van der Waals surface area contributed by atoms with Crippen molar-refractivity contribution in [1.29, 1.82) is 0 Å². The van der Waals surface area contributed by atoms with Crippen LogP contribution in [-0.2, 0) is 9.53 Å². The monoisotopic (exact) mass is 420 g/mol. The van der Waals surface area contributed by atoms with E-state index in [0.717, 1.165) is 25.7 Å². The lowest BCUT2D eigenvalue weighted by Gasteiger charge is -2.05. The first-order valence-corrected chi connectivity index (χ1v) is 13.2. The zero-order chi connectivity index (χ0) is 22.0. The van der Waals surface area contributed by atoms with E-state index in [2.05, 4.69) is 25.7 Å². The second kappa shape index (κ2) is 26.0. The highest BCUT2D eigenvalue weighted by Gasteiger charge is 2.02. The normalized spacial score (nSPS) is 11.2. The second-order valence-corrected chi connectivity index (χ2v) is 8.75. The molecular formula is C28H52O2. The van der Waals surface area contributed by atoms with Crippen molar-refractivity contribution in [2.75, 3.05) is 6.61 Å². The molecule has 0 aromatic rings. The van der Waals surface area contributed by atoms with Gasteiger partial charge in [-0.2, -0.15) is 0 Å². The highest BCUT2D eigenvalue weighted by atomic mass is 16.5. The molecule has 0 atom stereocenters. The van der Waals surface area contributed by atoms with Crippen molar-refractivity contribution in [3.05, 3.63) is 24.8 Å². The summed E-state index contributed by atoms with van der Waals surface area (Å²) < 4.78 is 5.34. The number of hydrogen-bond acceptors (Lipinski definition) is 2. The molecule has 0 bridgehead atoms. The van der Waals surface area contributed by atoms with Crippen LogP contribution < -0.4 is 0 Å². The number of unbranched alkanes of at least 4 members (excludes halogenated alkanes) is 17. The SMILES string of the molecule is C=CCCCCCCCCOC(=O)CCCCCCC/C=C\CCCCCCCC. The van der Waals surface area contributed by atoms with Gasteiger partial charge < -0.3 is 4.74 Å². The van der Waals surface area contributed by atoms with Crippen molar-refractivity contribution in [3.63, 3.8) is 0 Å². The fourth-order valence-corrected chi connectivity index (χ4v) is 3.70. The van der Waals surface area contributed by atoms with Crippen molar-refractivity contribution in [3.8, 4) is 0 Å².